The predicted molar refractivity (Wildman–Crippen MR) is 117 cm³/mol. The van der Waals surface area contributed by atoms with E-state index in [0.717, 1.165) is 5.56 Å². The van der Waals surface area contributed by atoms with Crippen molar-refractivity contribution in [1.29, 1.82) is 0 Å². The van der Waals surface area contributed by atoms with Crippen LogP contribution in [-0.4, -0.2) is 34.3 Å². The van der Waals surface area contributed by atoms with Crippen LogP contribution in [0.25, 0.3) is 0 Å². The molecule has 2 N–H and O–H groups in total. The van der Waals surface area contributed by atoms with Crippen molar-refractivity contribution in [1.82, 2.24) is 14.9 Å². The van der Waals surface area contributed by atoms with Crippen molar-refractivity contribution in [2.24, 2.45) is 0 Å². The summed E-state index contributed by atoms with van der Waals surface area (Å²) in [6, 6.07) is 9.88. The second-order valence-electron chi connectivity index (χ2n) is 8.45. The molecule has 36 heavy (non-hydrogen) atoms. The van der Waals surface area contributed by atoms with E-state index >= 15 is 0 Å². The van der Waals surface area contributed by atoms with Gasteiger partial charge in [-0.25, -0.2) is 4.79 Å². The van der Waals surface area contributed by atoms with Crippen molar-refractivity contribution in [3.05, 3.63) is 93.2 Å². The number of rotatable bonds is 6. The number of ether oxygens (including phenoxy) is 2. The van der Waals surface area contributed by atoms with Crippen molar-refractivity contribution >= 4 is 0 Å². The molecule has 194 valence electrons. The molecule has 3 aromatic rings. The minimum absolute atomic E-state index is 0.0828. The second kappa shape index (κ2) is 10.1. The zero-order valence-electron chi connectivity index (χ0n) is 19.0. The van der Waals surface area contributed by atoms with E-state index in [2.05, 4.69) is 9.97 Å². The number of halogens is 6. The number of nitrogens with zero attached hydrogens (tertiary/aromatic N) is 1. The summed E-state index contributed by atoms with van der Waals surface area (Å²) in [4.78, 5) is 18.7. The van der Waals surface area contributed by atoms with Gasteiger partial charge in [-0.3, -0.25) is 4.90 Å². The van der Waals surface area contributed by atoms with E-state index in [-0.39, 0.29) is 23.9 Å². The molecule has 0 unspecified atom stereocenters. The molecule has 0 radical (unpaired) electrons. The average Bonchev–Trinajstić information content (AvgIpc) is 3.23. The molecule has 1 aliphatic rings. The van der Waals surface area contributed by atoms with E-state index in [9.17, 15) is 31.1 Å². The van der Waals surface area contributed by atoms with Gasteiger partial charge in [-0.05, 0) is 36.2 Å². The number of benzene rings is 2. The number of aromatic amines is 2. The van der Waals surface area contributed by atoms with Crippen molar-refractivity contribution in [2.45, 2.75) is 44.3 Å². The predicted octanol–water partition coefficient (Wildman–Crippen LogP) is 5.42. The summed E-state index contributed by atoms with van der Waals surface area (Å²) in [5, 5.41) is 0. The van der Waals surface area contributed by atoms with Gasteiger partial charge in [0.05, 0.1) is 29.9 Å². The fourth-order valence-electron chi connectivity index (χ4n) is 4.17. The van der Waals surface area contributed by atoms with Crippen LogP contribution in [0.3, 0.4) is 0 Å². The molecule has 0 spiro atoms. The van der Waals surface area contributed by atoms with Crippen molar-refractivity contribution < 1.29 is 35.8 Å². The van der Waals surface area contributed by atoms with Gasteiger partial charge in [0, 0.05) is 25.0 Å². The van der Waals surface area contributed by atoms with Gasteiger partial charge in [-0.2, -0.15) is 26.3 Å². The summed E-state index contributed by atoms with van der Waals surface area (Å²) >= 11 is 0. The van der Waals surface area contributed by atoms with Gasteiger partial charge >= 0.3 is 18.0 Å². The van der Waals surface area contributed by atoms with Gasteiger partial charge in [0.15, 0.2) is 6.29 Å². The van der Waals surface area contributed by atoms with Crippen LogP contribution in [-0.2, 0) is 28.4 Å². The molecule has 0 saturated carbocycles. The Balaban J connectivity index is 1.65. The zero-order chi connectivity index (χ0) is 26.1. The summed E-state index contributed by atoms with van der Waals surface area (Å²) < 4.78 is 91.8. The van der Waals surface area contributed by atoms with Gasteiger partial charge in [0.1, 0.15) is 0 Å². The monoisotopic (exact) mass is 515 g/mol. The third-order valence-corrected chi connectivity index (χ3v) is 5.90. The molecule has 0 bridgehead atoms. The molecular formula is C24H23F6N3O3. The highest BCUT2D eigenvalue weighted by molar-refractivity contribution is 5.34. The summed E-state index contributed by atoms with van der Waals surface area (Å²) in [6.07, 6.45) is -10.6. The summed E-state index contributed by atoms with van der Waals surface area (Å²) in [6.45, 7) is 2.33. The number of morpholine rings is 1. The first-order valence-electron chi connectivity index (χ1n) is 11.0. The fourth-order valence-corrected chi connectivity index (χ4v) is 4.17. The maximum absolute atomic E-state index is 13.3. The minimum atomic E-state index is -4.96. The van der Waals surface area contributed by atoms with Crippen molar-refractivity contribution in [3.8, 4) is 0 Å². The molecule has 1 fully saturated rings. The molecule has 6 nitrogen and oxygen atoms in total. The quantitative estimate of drug-likeness (QED) is 0.431. The third kappa shape index (κ3) is 6.00. The molecule has 12 heteroatoms. The Hall–Kier alpha value is -3.09. The van der Waals surface area contributed by atoms with Gasteiger partial charge in [-0.1, -0.05) is 30.3 Å². The molecule has 0 aliphatic carbocycles. The lowest BCUT2D eigenvalue weighted by molar-refractivity contribution is -0.231. The van der Waals surface area contributed by atoms with Crippen LogP contribution >= 0.6 is 0 Å². The summed E-state index contributed by atoms with van der Waals surface area (Å²) in [7, 11) is 0. The first kappa shape index (κ1) is 26.0. The molecular weight excluding hydrogens is 492 g/mol. The normalized spacial score (nSPS) is 20.4. The van der Waals surface area contributed by atoms with Crippen LogP contribution in [0.15, 0.2) is 59.5 Å². The fraction of sp³-hybridized carbons (Fsp3) is 0.375. The number of imidazole rings is 1. The highest BCUT2D eigenvalue weighted by Crippen LogP contribution is 2.39. The van der Waals surface area contributed by atoms with E-state index < -0.39 is 41.9 Å². The van der Waals surface area contributed by atoms with Crippen LogP contribution in [0.4, 0.5) is 26.3 Å². The molecule has 1 aromatic heterocycles. The molecule has 2 aromatic carbocycles. The van der Waals surface area contributed by atoms with Gasteiger partial charge in [0.2, 0.25) is 0 Å². The first-order chi connectivity index (χ1) is 16.9. The Labute approximate surface area is 201 Å². The molecule has 2 heterocycles. The van der Waals surface area contributed by atoms with Gasteiger partial charge in [0.25, 0.3) is 0 Å². The third-order valence-electron chi connectivity index (χ3n) is 5.90. The maximum Gasteiger partial charge on any atom is 0.416 e. The molecule has 1 aliphatic heterocycles. The van der Waals surface area contributed by atoms with Crippen LogP contribution in [0, 0.1) is 0 Å². The van der Waals surface area contributed by atoms with Crippen LogP contribution < -0.4 is 5.69 Å². The van der Waals surface area contributed by atoms with Gasteiger partial charge in [-0.15, -0.1) is 0 Å². The lowest BCUT2D eigenvalue weighted by atomic mass is 10.0. The number of aromatic nitrogens is 2. The lowest BCUT2D eigenvalue weighted by Gasteiger charge is -2.42. The Morgan fingerprint density at radius 2 is 1.69 bits per heavy atom. The van der Waals surface area contributed by atoms with Crippen LogP contribution in [0.5, 0.6) is 0 Å². The Kier molecular flexibility index (Phi) is 7.30. The Bertz CT molecular complexity index is 1190. The standard InChI is InChI=1S/C24H23F6N3O3/c1-14(16-9-17(23(25,26)27)11-18(10-16)24(28,29)30)36-21-20(15-5-3-2-4-6-15)33(7-8-35-21)13-19-12-31-22(34)32-19/h2-6,9-12,14,20-21H,7-8,13H2,1H3,(H2,31,32,34)/t14-,20+,21-/m1/s1. The van der Waals surface area contributed by atoms with Gasteiger partial charge < -0.3 is 19.4 Å². The largest absolute Gasteiger partial charge is 0.416 e. The highest BCUT2D eigenvalue weighted by atomic mass is 19.4. The molecule has 1 saturated heterocycles. The van der Waals surface area contributed by atoms with E-state index in [1.54, 1.807) is 18.2 Å². The number of hydrogen-bond donors (Lipinski definition) is 2. The lowest BCUT2D eigenvalue weighted by Crippen LogP contribution is -2.46. The summed E-state index contributed by atoms with van der Waals surface area (Å²) in [5.74, 6) is 0. The molecule has 4 rings (SSSR count). The summed E-state index contributed by atoms with van der Waals surface area (Å²) in [5.41, 5.74) is -2.11. The van der Waals surface area contributed by atoms with Crippen molar-refractivity contribution in [3.63, 3.8) is 0 Å². The minimum Gasteiger partial charge on any atom is -0.349 e. The van der Waals surface area contributed by atoms with E-state index in [4.69, 9.17) is 9.47 Å². The highest BCUT2D eigenvalue weighted by Gasteiger charge is 2.39. The Morgan fingerprint density at radius 3 is 2.25 bits per heavy atom. The van der Waals surface area contributed by atoms with Crippen LogP contribution in [0.1, 0.15) is 47.0 Å². The smallest absolute Gasteiger partial charge is 0.349 e. The maximum atomic E-state index is 13.3. The number of H-pyrrole nitrogens is 2. The average molecular weight is 515 g/mol. The van der Waals surface area contributed by atoms with Crippen molar-refractivity contribution in [2.75, 3.05) is 13.2 Å². The van der Waals surface area contributed by atoms with E-state index in [1.807, 2.05) is 17.0 Å². The SMILES string of the molecule is C[C@@H](O[C@H]1OCCN(Cc2c[nH]c(=O)[nH]2)[C@H]1c1ccccc1)c1cc(C(F)(F)F)cc(C(F)(F)F)c1. The zero-order valence-corrected chi connectivity index (χ0v) is 19.0. The number of nitrogens with one attached hydrogen (secondary N) is 2. The first-order valence-corrected chi connectivity index (χ1v) is 11.0. The van der Waals surface area contributed by atoms with Crippen LogP contribution in [0.2, 0.25) is 0 Å². The number of hydrogen-bond acceptors (Lipinski definition) is 4. The van der Waals surface area contributed by atoms with E-state index in [1.165, 1.54) is 13.1 Å². The number of alkyl halides is 6. The topological polar surface area (TPSA) is 70.3 Å². The molecule has 0 amide bonds. The second-order valence-corrected chi connectivity index (χ2v) is 8.45. The Morgan fingerprint density at radius 1 is 1.06 bits per heavy atom. The van der Waals surface area contributed by atoms with E-state index in [0.29, 0.717) is 30.9 Å². The molecule has 3 atom stereocenters.